The van der Waals surface area contributed by atoms with E-state index in [0.29, 0.717) is 6.61 Å². The monoisotopic (exact) mass is 270 g/mol. The van der Waals surface area contributed by atoms with E-state index in [2.05, 4.69) is 10.6 Å². The summed E-state index contributed by atoms with van der Waals surface area (Å²) in [6.07, 6.45) is 1.88. The second-order valence-corrected chi connectivity index (χ2v) is 4.44. The molecule has 0 aromatic heterocycles. The molecule has 1 atom stereocenters. The summed E-state index contributed by atoms with van der Waals surface area (Å²) in [6, 6.07) is 3.56. The van der Waals surface area contributed by atoms with Crippen LogP contribution >= 0.6 is 0 Å². The average Bonchev–Trinajstić information content (AvgIpc) is 2.42. The second kappa shape index (κ2) is 6.58. The van der Waals surface area contributed by atoms with Gasteiger partial charge in [0.25, 0.3) is 0 Å². The standard InChI is InChI=1S/C13H16F2N2O2/c14-10-4-1-5-11(15)13(10)17-12(18)7-16-9-3-2-6-19-8-9/h1,4-5,9,16H,2-3,6-8H2,(H,17,18). The molecular weight excluding hydrogens is 254 g/mol. The molecule has 0 radical (unpaired) electrons. The van der Waals surface area contributed by atoms with Gasteiger partial charge in [-0.2, -0.15) is 0 Å². The van der Waals surface area contributed by atoms with Crippen LogP contribution in [0.5, 0.6) is 0 Å². The molecule has 0 bridgehead atoms. The Balaban J connectivity index is 1.83. The maximum absolute atomic E-state index is 13.3. The van der Waals surface area contributed by atoms with E-state index >= 15 is 0 Å². The van der Waals surface area contributed by atoms with E-state index in [1.807, 2.05) is 0 Å². The molecule has 1 amide bonds. The maximum atomic E-state index is 13.3. The third-order valence-electron chi connectivity index (χ3n) is 2.94. The number of benzene rings is 1. The van der Waals surface area contributed by atoms with Gasteiger partial charge in [0, 0.05) is 12.6 Å². The van der Waals surface area contributed by atoms with E-state index in [4.69, 9.17) is 4.74 Å². The van der Waals surface area contributed by atoms with Crippen LogP contribution in [0.3, 0.4) is 0 Å². The fraction of sp³-hybridized carbons (Fsp3) is 0.462. The van der Waals surface area contributed by atoms with Gasteiger partial charge >= 0.3 is 0 Å². The lowest BCUT2D eigenvalue weighted by molar-refractivity contribution is -0.115. The first kappa shape index (κ1) is 13.9. The molecule has 1 aliphatic rings. The van der Waals surface area contributed by atoms with Gasteiger partial charge in [-0.15, -0.1) is 0 Å². The van der Waals surface area contributed by atoms with Crippen molar-refractivity contribution in [3.8, 4) is 0 Å². The summed E-state index contributed by atoms with van der Waals surface area (Å²) >= 11 is 0. The van der Waals surface area contributed by atoms with E-state index in [1.165, 1.54) is 6.07 Å². The molecule has 1 aliphatic heterocycles. The lowest BCUT2D eigenvalue weighted by Gasteiger charge is -2.22. The number of para-hydroxylation sites is 1. The molecule has 104 valence electrons. The zero-order chi connectivity index (χ0) is 13.7. The number of hydrogen-bond acceptors (Lipinski definition) is 3. The fourth-order valence-corrected chi connectivity index (χ4v) is 1.94. The highest BCUT2D eigenvalue weighted by Gasteiger charge is 2.16. The van der Waals surface area contributed by atoms with Crippen molar-refractivity contribution in [3.05, 3.63) is 29.8 Å². The summed E-state index contributed by atoms with van der Waals surface area (Å²) in [4.78, 5) is 11.6. The zero-order valence-electron chi connectivity index (χ0n) is 10.4. The normalized spacial score (nSPS) is 19.2. The van der Waals surface area contributed by atoms with Gasteiger partial charge in [0.15, 0.2) is 0 Å². The minimum atomic E-state index is -0.783. The highest BCUT2D eigenvalue weighted by atomic mass is 19.1. The molecule has 0 saturated carbocycles. The smallest absolute Gasteiger partial charge is 0.238 e. The van der Waals surface area contributed by atoms with Crippen LogP contribution in [0.4, 0.5) is 14.5 Å². The van der Waals surface area contributed by atoms with Gasteiger partial charge in [-0.25, -0.2) is 8.78 Å². The molecule has 0 aliphatic carbocycles. The van der Waals surface area contributed by atoms with Crippen molar-refractivity contribution < 1.29 is 18.3 Å². The average molecular weight is 270 g/mol. The first-order valence-corrected chi connectivity index (χ1v) is 6.22. The summed E-state index contributed by atoms with van der Waals surface area (Å²) in [5.74, 6) is -2.04. The van der Waals surface area contributed by atoms with Gasteiger partial charge < -0.3 is 15.4 Å². The summed E-state index contributed by atoms with van der Waals surface area (Å²) in [5.41, 5.74) is -0.408. The molecule has 1 unspecified atom stereocenters. The summed E-state index contributed by atoms with van der Waals surface area (Å²) in [6.45, 7) is 1.30. The number of amides is 1. The van der Waals surface area contributed by atoms with Crippen LogP contribution < -0.4 is 10.6 Å². The van der Waals surface area contributed by atoms with E-state index in [9.17, 15) is 13.6 Å². The topological polar surface area (TPSA) is 50.4 Å². The Hall–Kier alpha value is -1.53. The van der Waals surface area contributed by atoms with Crippen LogP contribution in [0, 0.1) is 11.6 Å². The molecule has 1 aromatic rings. The number of anilines is 1. The number of rotatable bonds is 4. The van der Waals surface area contributed by atoms with Crippen molar-refractivity contribution in [2.24, 2.45) is 0 Å². The van der Waals surface area contributed by atoms with Crippen LogP contribution in [0.1, 0.15) is 12.8 Å². The lowest BCUT2D eigenvalue weighted by atomic mass is 10.1. The van der Waals surface area contributed by atoms with E-state index in [-0.39, 0.29) is 12.6 Å². The first-order valence-electron chi connectivity index (χ1n) is 6.22. The molecule has 1 saturated heterocycles. The number of halogens is 2. The largest absolute Gasteiger partial charge is 0.380 e. The third-order valence-corrected chi connectivity index (χ3v) is 2.94. The Morgan fingerprint density at radius 1 is 1.37 bits per heavy atom. The SMILES string of the molecule is O=C(CNC1CCCOC1)Nc1c(F)cccc1F. The maximum Gasteiger partial charge on any atom is 0.238 e. The van der Waals surface area contributed by atoms with Crippen LogP contribution in [0.2, 0.25) is 0 Å². The molecule has 2 rings (SSSR count). The summed E-state index contributed by atoms with van der Waals surface area (Å²) < 4.78 is 31.9. The first-order chi connectivity index (χ1) is 9.16. The number of ether oxygens (including phenoxy) is 1. The van der Waals surface area contributed by atoms with Crippen molar-refractivity contribution >= 4 is 11.6 Å². The fourth-order valence-electron chi connectivity index (χ4n) is 1.94. The van der Waals surface area contributed by atoms with Gasteiger partial charge in [-0.05, 0) is 25.0 Å². The van der Waals surface area contributed by atoms with Crippen molar-refractivity contribution in [1.29, 1.82) is 0 Å². The van der Waals surface area contributed by atoms with E-state index in [0.717, 1.165) is 31.6 Å². The summed E-state index contributed by atoms with van der Waals surface area (Å²) in [5, 5.41) is 5.22. The van der Waals surface area contributed by atoms with Crippen LogP contribution in [0.25, 0.3) is 0 Å². The van der Waals surface area contributed by atoms with Crippen LogP contribution in [-0.2, 0) is 9.53 Å². The summed E-state index contributed by atoms with van der Waals surface area (Å²) in [7, 11) is 0. The van der Waals surface area contributed by atoms with Gasteiger partial charge in [-0.3, -0.25) is 4.79 Å². The lowest BCUT2D eigenvalue weighted by Crippen LogP contribution is -2.41. The Kier molecular flexibility index (Phi) is 4.81. The Morgan fingerprint density at radius 3 is 2.74 bits per heavy atom. The van der Waals surface area contributed by atoms with Gasteiger partial charge in [0.1, 0.15) is 17.3 Å². The number of carbonyl (C=O) groups excluding carboxylic acids is 1. The van der Waals surface area contributed by atoms with Crippen molar-refractivity contribution in [3.63, 3.8) is 0 Å². The molecule has 1 fully saturated rings. The molecule has 4 nitrogen and oxygen atoms in total. The molecule has 2 N–H and O–H groups in total. The zero-order valence-corrected chi connectivity index (χ0v) is 10.4. The number of carbonyl (C=O) groups is 1. The van der Waals surface area contributed by atoms with E-state index < -0.39 is 23.2 Å². The van der Waals surface area contributed by atoms with Gasteiger partial charge in [0.2, 0.25) is 5.91 Å². The molecule has 0 spiro atoms. The molecule has 1 aromatic carbocycles. The van der Waals surface area contributed by atoms with Gasteiger partial charge in [0.05, 0.1) is 13.2 Å². The van der Waals surface area contributed by atoms with Crippen molar-refractivity contribution in [2.75, 3.05) is 25.1 Å². The highest BCUT2D eigenvalue weighted by Crippen LogP contribution is 2.17. The molecular formula is C13H16F2N2O2. The Morgan fingerprint density at radius 2 is 2.11 bits per heavy atom. The minimum Gasteiger partial charge on any atom is -0.380 e. The predicted octanol–water partition coefficient (Wildman–Crippen LogP) is 1.67. The number of hydrogen-bond donors (Lipinski definition) is 2. The molecule has 6 heteroatoms. The predicted molar refractivity (Wildman–Crippen MR) is 66.8 cm³/mol. The van der Waals surface area contributed by atoms with Crippen LogP contribution in [-0.4, -0.2) is 31.7 Å². The minimum absolute atomic E-state index is 0.00179. The molecule has 19 heavy (non-hydrogen) atoms. The Labute approximate surface area is 110 Å². The van der Waals surface area contributed by atoms with Gasteiger partial charge in [-0.1, -0.05) is 6.07 Å². The number of nitrogens with one attached hydrogen (secondary N) is 2. The van der Waals surface area contributed by atoms with Crippen molar-refractivity contribution in [1.82, 2.24) is 5.32 Å². The van der Waals surface area contributed by atoms with E-state index in [1.54, 1.807) is 0 Å². The molecule has 1 heterocycles. The van der Waals surface area contributed by atoms with Crippen LogP contribution in [0.15, 0.2) is 18.2 Å². The Bertz CT molecular complexity index is 428. The highest BCUT2D eigenvalue weighted by molar-refractivity contribution is 5.92. The quantitative estimate of drug-likeness (QED) is 0.875. The second-order valence-electron chi connectivity index (χ2n) is 4.44. The van der Waals surface area contributed by atoms with Crippen molar-refractivity contribution in [2.45, 2.75) is 18.9 Å². The third kappa shape index (κ3) is 3.97.